The highest BCUT2D eigenvalue weighted by Crippen LogP contribution is 2.31. The second-order valence-electron chi connectivity index (χ2n) is 4.34. The number of unbranched alkanes of at least 4 members (excludes halogenated alkanes) is 1. The zero-order valence-electron chi connectivity index (χ0n) is 9.66. The van der Waals surface area contributed by atoms with E-state index in [0.717, 1.165) is 37.2 Å². The van der Waals surface area contributed by atoms with Crippen LogP contribution in [0.4, 0.5) is 11.4 Å². The summed E-state index contributed by atoms with van der Waals surface area (Å²) in [6.07, 6.45) is 2.67. The van der Waals surface area contributed by atoms with Crippen molar-refractivity contribution in [2.24, 2.45) is 0 Å². The Labute approximate surface area is 96.5 Å². The van der Waals surface area contributed by atoms with Crippen molar-refractivity contribution in [2.75, 3.05) is 23.7 Å². The van der Waals surface area contributed by atoms with Gasteiger partial charge in [0.25, 0.3) is 0 Å². The van der Waals surface area contributed by atoms with Crippen LogP contribution in [0, 0.1) is 18.3 Å². The largest absolute Gasteiger partial charge is 0.398 e. The molecule has 0 spiro atoms. The van der Waals surface area contributed by atoms with Gasteiger partial charge in [0.2, 0.25) is 0 Å². The van der Waals surface area contributed by atoms with Gasteiger partial charge in [-0.2, -0.15) is 5.26 Å². The van der Waals surface area contributed by atoms with E-state index in [4.69, 9.17) is 11.0 Å². The van der Waals surface area contributed by atoms with E-state index in [-0.39, 0.29) is 0 Å². The molecule has 2 rings (SSSR count). The van der Waals surface area contributed by atoms with Crippen molar-refractivity contribution in [3.63, 3.8) is 0 Å². The lowest BCUT2D eigenvalue weighted by molar-refractivity contribution is 0.766. The zero-order chi connectivity index (χ0) is 11.5. The topological polar surface area (TPSA) is 53.0 Å². The lowest BCUT2D eigenvalue weighted by Crippen LogP contribution is -2.21. The lowest BCUT2D eigenvalue weighted by Gasteiger charge is -2.19. The van der Waals surface area contributed by atoms with E-state index in [1.54, 1.807) is 0 Å². The van der Waals surface area contributed by atoms with Gasteiger partial charge in [-0.3, -0.25) is 0 Å². The summed E-state index contributed by atoms with van der Waals surface area (Å²) in [5, 5.41) is 8.53. The Balaban J connectivity index is 2.13. The monoisotopic (exact) mass is 215 g/mol. The summed E-state index contributed by atoms with van der Waals surface area (Å²) in [5.41, 5.74) is 10.6. The third-order valence-electron chi connectivity index (χ3n) is 3.18. The van der Waals surface area contributed by atoms with Crippen LogP contribution in [0.3, 0.4) is 0 Å². The second kappa shape index (κ2) is 4.44. The van der Waals surface area contributed by atoms with Gasteiger partial charge < -0.3 is 10.6 Å². The van der Waals surface area contributed by atoms with Gasteiger partial charge >= 0.3 is 0 Å². The molecule has 3 heteroatoms. The number of anilines is 2. The van der Waals surface area contributed by atoms with Crippen LogP contribution in [-0.2, 0) is 6.42 Å². The maximum atomic E-state index is 8.53. The molecular formula is C13H17N3. The summed E-state index contributed by atoms with van der Waals surface area (Å²) < 4.78 is 0. The van der Waals surface area contributed by atoms with E-state index in [2.05, 4.69) is 23.1 Å². The fraction of sp³-hybridized carbons (Fsp3) is 0.462. The number of nitrogens with zero attached hydrogens (tertiary/aromatic N) is 2. The first-order valence-corrected chi connectivity index (χ1v) is 5.73. The van der Waals surface area contributed by atoms with Crippen molar-refractivity contribution < 1.29 is 0 Å². The SMILES string of the molecule is Cc1cc2c(cc1N)N(CCCC#N)CC2. The number of benzene rings is 1. The predicted molar refractivity (Wildman–Crippen MR) is 66.4 cm³/mol. The molecule has 1 aromatic carbocycles. The van der Waals surface area contributed by atoms with E-state index in [0.29, 0.717) is 6.42 Å². The minimum absolute atomic E-state index is 0.632. The highest BCUT2D eigenvalue weighted by Gasteiger charge is 2.19. The number of rotatable bonds is 3. The van der Waals surface area contributed by atoms with Crippen molar-refractivity contribution in [3.8, 4) is 6.07 Å². The quantitative estimate of drug-likeness (QED) is 0.621. The normalized spacial score (nSPS) is 13.6. The summed E-state index contributed by atoms with van der Waals surface area (Å²) >= 11 is 0. The molecule has 0 saturated heterocycles. The van der Waals surface area contributed by atoms with Gasteiger partial charge in [0.15, 0.2) is 0 Å². The molecule has 0 fully saturated rings. The van der Waals surface area contributed by atoms with E-state index < -0.39 is 0 Å². The molecule has 0 aliphatic carbocycles. The van der Waals surface area contributed by atoms with Crippen LogP contribution in [0.25, 0.3) is 0 Å². The molecule has 0 unspecified atom stereocenters. The van der Waals surface area contributed by atoms with Gasteiger partial charge in [-0.25, -0.2) is 0 Å². The van der Waals surface area contributed by atoms with E-state index in [9.17, 15) is 0 Å². The maximum Gasteiger partial charge on any atom is 0.0622 e. The Morgan fingerprint density at radius 3 is 3.06 bits per heavy atom. The molecule has 0 amide bonds. The molecule has 0 radical (unpaired) electrons. The smallest absolute Gasteiger partial charge is 0.0622 e. The molecule has 0 aromatic heterocycles. The standard InChI is InChI=1S/C13H17N3/c1-10-8-11-4-7-16(6-3-2-5-14)13(11)9-12(10)15/h8-9H,2-4,6-7,15H2,1H3. The van der Waals surface area contributed by atoms with E-state index in [1.807, 2.05) is 6.92 Å². The highest BCUT2D eigenvalue weighted by atomic mass is 15.1. The number of hydrogen-bond donors (Lipinski definition) is 1. The third kappa shape index (κ3) is 1.96. The second-order valence-corrected chi connectivity index (χ2v) is 4.34. The number of nitriles is 1. The molecular weight excluding hydrogens is 198 g/mol. The Morgan fingerprint density at radius 2 is 2.31 bits per heavy atom. The number of fused-ring (bicyclic) bond motifs is 1. The van der Waals surface area contributed by atoms with Crippen LogP contribution < -0.4 is 10.6 Å². The van der Waals surface area contributed by atoms with Crippen molar-refractivity contribution >= 4 is 11.4 Å². The van der Waals surface area contributed by atoms with Crippen LogP contribution >= 0.6 is 0 Å². The van der Waals surface area contributed by atoms with Crippen molar-refractivity contribution in [1.29, 1.82) is 5.26 Å². The van der Waals surface area contributed by atoms with Gasteiger partial charge in [0, 0.05) is 30.9 Å². The molecule has 2 N–H and O–H groups in total. The first-order chi connectivity index (χ1) is 7.72. The predicted octanol–water partition coefficient (Wildman–Crippen LogP) is 2.24. The Kier molecular flexibility index (Phi) is 3.00. The van der Waals surface area contributed by atoms with Crippen LogP contribution in [0.2, 0.25) is 0 Å². The summed E-state index contributed by atoms with van der Waals surface area (Å²) in [6.45, 7) is 4.07. The highest BCUT2D eigenvalue weighted by molar-refractivity contribution is 5.67. The molecule has 1 aliphatic rings. The maximum absolute atomic E-state index is 8.53. The van der Waals surface area contributed by atoms with Gasteiger partial charge in [-0.1, -0.05) is 6.07 Å². The number of hydrogen-bond acceptors (Lipinski definition) is 3. The summed E-state index contributed by atoms with van der Waals surface area (Å²) in [4.78, 5) is 2.34. The summed E-state index contributed by atoms with van der Waals surface area (Å²) in [5.74, 6) is 0. The zero-order valence-corrected chi connectivity index (χ0v) is 9.66. The van der Waals surface area contributed by atoms with Crippen LogP contribution in [0.5, 0.6) is 0 Å². The molecule has 0 bridgehead atoms. The van der Waals surface area contributed by atoms with Crippen molar-refractivity contribution in [2.45, 2.75) is 26.2 Å². The third-order valence-corrected chi connectivity index (χ3v) is 3.18. The molecule has 3 nitrogen and oxygen atoms in total. The van der Waals surface area contributed by atoms with E-state index >= 15 is 0 Å². The summed E-state index contributed by atoms with van der Waals surface area (Å²) in [7, 11) is 0. The lowest BCUT2D eigenvalue weighted by atomic mass is 10.1. The number of nitrogens with two attached hydrogens (primary N) is 1. The van der Waals surface area contributed by atoms with Gasteiger partial charge in [0.05, 0.1) is 6.07 Å². The summed E-state index contributed by atoms with van der Waals surface area (Å²) in [6, 6.07) is 6.45. The van der Waals surface area contributed by atoms with E-state index in [1.165, 1.54) is 11.3 Å². The molecule has 1 aromatic rings. The number of nitrogen functional groups attached to an aromatic ring is 1. The molecule has 0 saturated carbocycles. The van der Waals surface area contributed by atoms with Gasteiger partial charge in [-0.15, -0.1) is 0 Å². The molecule has 0 atom stereocenters. The molecule has 1 heterocycles. The van der Waals surface area contributed by atoms with Crippen molar-refractivity contribution in [3.05, 3.63) is 23.3 Å². The Bertz CT molecular complexity index is 432. The van der Waals surface area contributed by atoms with Crippen LogP contribution in [-0.4, -0.2) is 13.1 Å². The number of aryl methyl sites for hydroxylation is 1. The molecule has 84 valence electrons. The first kappa shape index (κ1) is 10.8. The fourth-order valence-corrected chi connectivity index (χ4v) is 2.22. The van der Waals surface area contributed by atoms with Crippen molar-refractivity contribution in [1.82, 2.24) is 0 Å². The van der Waals surface area contributed by atoms with Crippen LogP contribution in [0.15, 0.2) is 12.1 Å². The minimum Gasteiger partial charge on any atom is -0.398 e. The first-order valence-electron chi connectivity index (χ1n) is 5.73. The van der Waals surface area contributed by atoms with Crippen LogP contribution in [0.1, 0.15) is 24.0 Å². The molecule has 16 heavy (non-hydrogen) atoms. The Hall–Kier alpha value is -1.69. The Morgan fingerprint density at radius 1 is 1.50 bits per heavy atom. The average Bonchev–Trinajstić information content (AvgIpc) is 2.63. The minimum atomic E-state index is 0.632. The average molecular weight is 215 g/mol. The molecule has 1 aliphatic heterocycles. The van der Waals surface area contributed by atoms with Gasteiger partial charge in [0.1, 0.15) is 0 Å². The fourth-order valence-electron chi connectivity index (χ4n) is 2.22. The van der Waals surface area contributed by atoms with Gasteiger partial charge in [-0.05, 0) is 37.0 Å².